The van der Waals surface area contributed by atoms with Crippen LogP contribution >= 0.6 is 0 Å². The smallest absolute Gasteiger partial charge is 0.307 e. The maximum absolute atomic E-state index is 13.4. The van der Waals surface area contributed by atoms with Crippen LogP contribution in [0.2, 0.25) is 0 Å². The molecular weight excluding hydrogens is 231 g/mol. The first-order valence-corrected chi connectivity index (χ1v) is 5.63. The third-order valence-corrected chi connectivity index (χ3v) is 2.77. The van der Waals surface area contributed by atoms with Gasteiger partial charge in [-0.3, -0.25) is 4.79 Å². The quantitative estimate of drug-likeness (QED) is 0.898. The first-order valence-electron chi connectivity index (χ1n) is 5.63. The molecule has 0 spiro atoms. The van der Waals surface area contributed by atoms with Crippen molar-refractivity contribution in [1.82, 2.24) is 0 Å². The molecule has 0 heterocycles. The third kappa shape index (κ3) is 2.74. The summed E-state index contributed by atoms with van der Waals surface area (Å²) in [5.41, 5.74) is 3.13. The molecule has 0 aromatic heterocycles. The fourth-order valence-electron chi connectivity index (χ4n) is 1.80. The van der Waals surface area contributed by atoms with Crippen LogP contribution in [0.25, 0.3) is 11.1 Å². The lowest BCUT2D eigenvalue weighted by atomic mass is 10.0. The second kappa shape index (κ2) is 5.00. The molecule has 2 rings (SSSR count). The van der Waals surface area contributed by atoms with E-state index in [0.717, 1.165) is 16.7 Å². The Balaban J connectivity index is 2.40. The number of halogens is 1. The van der Waals surface area contributed by atoms with Gasteiger partial charge in [-0.05, 0) is 35.7 Å². The zero-order valence-electron chi connectivity index (χ0n) is 9.98. The number of hydrogen-bond donors (Lipinski definition) is 1. The number of aryl methyl sites for hydroxylation is 1. The van der Waals surface area contributed by atoms with Crippen molar-refractivity contribution in [2.24, 2.45) is 0 Å². The van der Waals surface area contributed by atoms with Crippen molar-refractivity contribution in [1.29, 1.82) is 0 Å². The van der Waals surface area contributed by atoms with Crippen molar-refractivity contribution in [3.05, 3.63) is 59.4 Å². The number of carboxylic acid groups (broad SMARTS) is 1. The average molecular weight is 244 g/mol. The molecule has 0 fully saturated rings. The minimum absolute atomic E-state index is 0.209. The van der Waals surface area contributed by atoms with Gasteiger partial charge in [0.2, 0.25) is 0 Å². The molecule has 2 aromatic rings. The molecule has 0 bridgehead atoms. The Kier molecular flexibility index (Phi) is 3.42. The van der Waals surface area contributed by atoms with E-state index in [0.29, 0.717) is 0 Å². The summed E-state index contributed by atoms with van der Waals surface area (Å²) in [6.45, 7) is 1.99. The molecule has 92 valence electrons. The number of aliphatic carboxylic acids is 1. The van der Waals surface area contributed by atoms with E-state index in [-0.39, 0.29) is 12.0 Å². The summed E-state index contributed by atoms with van der Waals surface area (Å²) in [6, 6.07) is 12.4. The minimum Gasteiger partial charge on any atom is -0.481 e. The van der Waals surface area contributed by atoms with E-state index in [2.05, 4.69) is 0 Å². The molecule has 0 atom stereocenters. The zero-order chi connectivity index (χ0) is 13.1. The molecule has 2 aromatic carbocycles. The second-order valence-electron chi connectivity index (χ2n) is 4.24. The van der Waals surface area contributed by atoms with Crippen LogP contribution in [0.4, 0.5) is 4.39 Å². The Hall–Kier alpha value is -2.16. The molecule has 3 heteroatoms. The Bertz CT molecular complexity index is 574. The fourth-order valence-corrected chi connectivity index (χ4v) is 1.80. The number of hydrogen-bond acceptors (Lipinski definition) is 1. The zero-order valence-corrected chi connectivity index (χ0v) is 9.98. The molecule has 0 aliphatic heterocycles. The lowest BCUT2D eigenvalue weighted by molar-refractivity contribution is -0.136. The predicted molar refractivity (Wildman–Crippen MR) is 67.9 cm³/mol. The van der Waals surface area contributed by atoms with Crippen LogP contribution < -0.4 is 0 Å². The van der Waals surface area contributed by atoms with E-state index in [9.17, 15) is 9.18 Å². The highest BCUT2D eigenvalue weighted by Crippen LogP contribution is 2.22. The van der Waals surface area contributed by atoms with Crippen molar-refractivity contribution in [2.75, 3.05) is 0 Å². The number of carbonyl (C=O) groups is 1. The Morgan fingerprint density at radius 2 is 1.72 bits per heavy atom. The highest BCUT2D eigenvalue weighted by atomic mass is 19.1. The second-order valence-corrected chi connectivity index (χ2v) is 4.24. The third-order valence-electron chi connectivity index (χ3n) is 2.77. The highest BCUT2D eigenvalue weighted by Gasteiger charge is 2.08. The van der Waals surface area contributed by atoms with Crippen LogP contribution in [0.1, 0.15) is 11.1 Å². The average Bonchev–Trinajstić information content (AvgIpc) is 2.32. The summed E-state index contributed by atoms with van der Waals surface area (Å²) >= 11 is 0. The van der Waals surface area contributed by atoms with Gasteiger partial charge in [0.1, 0.15) is 5.82 Å². The summed E-state index contributed by atoms with van der Waals surface area (Å²) in [7, 11) is 0. The Morgan fingerprint density at radius 3 is 2.33 bits per heavy atom. The van der Waals surface area contributed by atoms with Crippen LogP contribution in [0.15, 0.2) is 42.5 Å². The van der Waals surface area contributed by atoms with E-state index < -0.39 is 11.8 Å². The summed E-state index contributed by atoms with van der Waals surface area (Å²) in [5, 5.41) is 8.72. The van der Waals surface area contributed by atoms with Gasteiger partial charge in [0, 0.05) is 0 Å². The van der Waals surface area contributed by atoms with Gasteiger partial charge in [0.25, 0.3) is 0 Å². The van der Waals surface area contributed by atoms with Gasteiger partial charge < -0.3 is 5.11 Å². The van der Waals surface area contributed by atoms with Crippen LogP contribution in [0, 0.1) is 12.7 Å². The first kappa shape index (κ1) is 12.3. The van der Waals surface area contributed by atoms with Gasteiger partial charge in [0.15, 0.2) is 0 Å². The SMILES string of the molecule is Cc1ccc(-c2ccc(F)c(CC(=O)O)c2)cc1. The van der Waals surface area contributed by atoms with Gasteiger partial charge in [-0.15, -0.1) is 0 Å². The standard InChI is InChI=1S/C15H13FO2/c1-10-2-4-11(5-3-10)12-6-7-14(16)13(8-12)9-15(17)18/h2-8H,9H2,1H3,(H,17,18). The first-order chi connectivity index (χ1) is 8.56. The van der Waals surface area contributed by atoms with E-state index in [4.69, 9.17) is 5.11 Å². The van der Waals surface area contributed by atoms with E-state index >= 15 is 0 Å². The summed E-state index contributed by atoms with van der Waals surface area (Å²) in [6.07, 6.45) is -0.300. The van der Waals surface area contributed by atoms with Crippen LogP contribution in [-0.4, -0.2) is 11.1 Å². The minimum atomic E-state index is -1.03. The Labute approximate surface area is 105 Å². The maximum Gasteiger partial charge on any atom is 0.307 e. The van der Waals surface area contributed by atoms with Crippen LogP contribution in [-0.2, 0) is 11.2 Å². The molecule has 0 amide bonds. The van der Waals surface area contributed by atoms with E-state index in [1.54, 1.807) is 12.1 Å². The van der Waals surface area contributed by atoms with Crippen molar-refractivity contribution < 1.29 is 14.3 Å². The van der Waals surface area contributed by atoms with Gasteiger partial charge in [-0.1, -0.05) is 35.9 Å². The largest absolute Gasteiger partial charge is 0.481 e. The highest BCUT2D eigenvalue weighted by molar-refractivity contribution is 5.72. The molecule has 0 saturated heterocycles. The van der Waals surface area contributed by atoms with Crippen molar-refractivity contribution >= 4 is 5.97 Å². The lowest BCUT2D eigenvalue weighted by Crippen LogP contribution is -2.02. The summed E-state index contributed by atoms with van der Waals surface area (Å²) < 4.78 is 13.4. The number of rotatable bonds is 3. The summed E-state index contributed by atoms with van der Waals surface area (Å²) in [4.78, 5) is 10.6. The Morgan fingerprint density at radius 1 is 1.11 bits per heavy atom. The molecule has 18 heavy (non-hydrogen) atoms. The number of carboxylic acids is 1. The summed E-state index contributed by atoms with van der Waals surface area (Å²) in [5.74, 6) is -1.51. The van der Waals surface area contributed by atoms with Gasteiger partial charge in [0.05, 0.1) is 6.42 Å². The van der Waals surface area contributed by atoms with Gasteiger partial charge in [-0.25, -0.2) is 4.39 Å². The van der Waals surface area contributed by atoms with E-state index in [1.165, 1.54) is 6.07 Å². The van der Waals surface area contributed by atoms with Crippen LogP contribution in [0.5, 0.6) is 0 Å². The molecule has 1 N–H and O–H groups in total. The van der Waals surface area contributed by atoms with Gasteiger partial charge in [-0.2, -0.15) is 0 Å². The lowest BCUT2D eigenvalue weighted by Gasteiger charge is -2.06. The number of benzene rings is 2. The topological polar surface area (TPSA) is 37.3 Å². The molecule has 2 nitrogen and oxygen atoms in total. The van der Waals surface area contributed by atoms with Gasteiger partial charge >= 0.3 is 5.97 Å². The van der Waals surface area contributed by atoms with Crippen molar-refractivity contribution in [3.8, 4) is 11.1 Å². The predicted octanol–water partition coefficient (Wildman–Crippen LogP) is 3.43. The molecule has 0 saturated carbocycles. The van der Waals surface area contributed by atoms with E-state index in [1.807, 2.05) is 31.2 Å². The maximum atomic E-state index is 13.4. The fraction of sp³-hybridized carbons (Fsp3) is 0.133. The molecular formula is C15H13FO2. The molecule has 0 aliphatic rings. The van der Waals surface area contributed by atoms with Crippen molar-refractivity contribution in [3.63, 3.8) is 0 Å². The van der Waals surface area contributed by atoms with Crippen LogP contribution in [0.3, 0.4) is 0 Å². The molecule has 0 unspecified atom stereocenters. The normalized spacial score (nSPS) is 10.3. The molecule has 0 aliphatic carbocycles. The monoisotopic (exact) mass is 244 g/mol. The molecule has 0 radical (unpaired) electrons. The van der Waals surface area contributed by atoms with Crippen molar-refractivity contribution in [2.45, 2.75) is 13.3 Å².